The highest BCUT2D eigenvalue weighted by molar-refractivity contribution is 5.95. The van der Waals surface area contributed by atoms with Crippen molar-refractivity contribution in [1.82, 2.24) is 10.2 Å². The van der Waals surface area contributed by atoms with Gasteiger partial charge in [-0.15, -0.1) is 0 Å². The second-order valence-electron chi connectivity index (χ2n) is 6.94. The molecule has 0 bridgehead atoms. The van der Waals surface area contributed by atoms with E-state index in [0.29, 0.717) is 5.92 Å². The van der Waals surface area contributed by atoms with Crippen molar-refractivity contribution in [3.63, 3.8) is 0 Å². The summed E-state index contributed by atoms with van der Waals surface area (Å²) in [6, 6.07) is 8.66. The van der Waals surface area contributed by atoms with Crippen LogP contribution in [-0.2, 0) is 0 Å². The molecule has 3 nitrogen and oxygen atoms in total. The summed E-state index contributed by atoms with van der Waals surface area (Å²) in [5.41, 5.74) is 1.86. The van der Waals surface area contributed by atoms with E-state index in [1.54, 1.807) is 0 Å². The monoisotopic (exact) mass is 300 g/mol. The molecule has 0 spiro atoms. The first-order valence-corrected chi connectivity index (χ1v) is 8.82. The highest BCUT2D eigenvalue weighted by atomic mass is 16.1. The summed E-state index contributed by atoms with van der Waals surface area (Å²) < 4.78 is 0. The second-order valence-corrected chi connectivity index (χ2v) is 6.94. The molecular weight excluding hydrogens is 272 g/mol. The topological polar surface area (TPSA) is 32.3 Å². The number of nitrogens with zero attached hydrogens (tertiary/aromatic N) is 1. The Balaban J connectivity index is 1.43. The van der Waals surface area contributed by atoms with E-state index in [0.717, 1.165) is 23.7 Å². The van der Waals surface area contributed by atoms with Crippen LogP contribution in [0.25, 0.3) is 0 Å². The van der Waals surface area contributed by atoms with Gasteiger partial charge in [-0.2, -0.15) is 0 Å². The fourth-order valence-corrected chi connectivity index (χ4v) is 3.95. The number of amides is 1. The summed E-state index contributed by atoms with van der Waals surface area (Å²) in [5, 5.41) is 3.14. The van der Waals surface area contributed by atoms with Crippen LogP contribution in [0.15, 0.2) is 24.3 Å². The number of carbonyl (C=O) groups excluding carboxylic acids is 1. The zero-order chi connectivity index (χ0) is 15.4. The third-order valence-electron chi connectivity index (χ3n) is 5.43. The Labute approximate surface area is 134 Å². The Kier molecular flexibility index (Phi) is 5.14. The summed E-state index contributed by atoms with van der Waals surface area (Å²) in [6.45, 7) is 5.26. The summed E-state index contributed by atoms with van der Waals surface area (Å²) in [4.78, 5) is 14.9. The predicted octanol–water partition coefficient (Wildman–Crippen LogP) is 3.38. The van der Waals surface area contributed by atoms with Crippen LogP contribution in [-0.4, -0.2) is 36.5 Å². The van der Waals surface area contributed by atoms with Gasteiger partial charge in [-0.3, -0.25) is 4.79 Å². The van der Waals surface area contributed by atoms with Gasteiger partial charge >= 0.3 is 0 Å². The van der Waals surface area contributed by atoms with Crippen LogP contribution in [0, 0.1) is 12.8 Å². The van der Waals surface area contributed by atoms with E-state index in [1.165, 1.54) is 51.6 Å². The van der Waals surface area contributed by atoms with Gasteiger partial charge in [-0.05, 0) is 63.2 Å². The van der Waals surface area contributed by atoms with Gasteiger partial charge < -0.3 is 10.2 Å². The average molecular weight is 300 g/mol. The van der Waals surface area contributed by atoms with E-state index >= 15 is 0 Å². The Bertz CT molecular complexity index is 500. The van der Waals surface area contributed by atoms with Gasteiger partial charge in [0.1, 0.15) is 0 Å². The van der Waals surface area contributed by atoms with Crippen LogP contribution in [0.5, 0.6) is 0 Å². The van der Waals surface area contributed by atoms with Gasteiger partial charge in [0.25, 0.3) is 5.91 Å². The highest BCUT2D eigenvalue weighted by Gasteiger charge is 2.27. The van der Waals surface area contributed by atoms with E-state index in [2.05, 4.69) is 10.2 Å². The minimum atomic E-state index is 0.0799. The lowest BCUT2D eigenvalue weighted by Crippen LogP contribution is -2.42. The van der Waals surface area contributed by atoms with E-state index in [-0.39, 0.29) is 5.91 Å². The molecule has 0 atom stereocenters. The van der Waals surface area contributed by atoms with Crippen molar-refractivity contribution in [2.45, 2.75) is 51.5 Å². The minimum absolute atomic E-state index is 0.0799. The molecule has 22 heavy (non-hydrogen) atoms. The van der Waals surface area contributed by atoms with Crippen molar-refractivity contribution in [2.24, 2.45) is 5.92 Å². The zero-order valence-electron chi connectivity index (χ0n) is 13.7. The van der Waals surface area contributed by atoms with Gasteiger partial charge in [0.05, 0.1) is 0 Å². The van der Waals surface area contributed by atoms with Gasteiger partial charge in [0, 0.05) is 18.2 Å². The lowest BCUT2D eigenvalue weighted by Gasteiger charge is -2.36. The molecule has 1 amide bonds. The Morgan fingerprint density at radius 2 is 1.82 bits per heavy atom. The first kappa shape index (κ1) is 15.5. The van der Waals surface area contributed by atoms with Crippen molar-refractivity contribution in [2.75, 3.05) is 19.6 Å². The highest BCUT2D eigenvalue weighted by Crippen LogP contribution is 2.27. The third kappa shape index (κ3) is 3.70. The lowest BCUT2D eigenvalue weighted by atomic mass is 9.95. The molecule has 0 aromatic heterocycles. The standard InChI is InChI=1S/C19H28N2O/c1-15-6-2-5-9-18(15)19(22)20-14-16-10-12-21(13-11-16)17-7-3-4-8-17/h2,5-6,9,16-17H,3-4,7-8,10-14H2,1H3,(H,20,22). The van der Waals surface area contributed by atoms with Gasteiger partial charge in [-0.25, -0.2) is 0 Å². The van der Waals surface area contributed by atoms with Crippen molar-refractivity contribution >= 4 is 5.91 Å². The van der Waals surface area contributed by atoms with Crippen LogP contribution >= 0.6 is 0 Å². The van der Waals surface area contributed by atoms with Crippen LogP contribution < -0.4 is 5.32 Å². The zero-order valence-corrected chi connectivity index (χ0v) is 13.7. The number of aryl methyl sites for hydroxylation is 1. The van der Waals surface area contributed by atoms with Crippen molar-refractivity contribution in [1.29, 1.82) is 0 Å². The first-order chi connectivity index (χ1) is 10.7. The van der Waals surface area contributed by atoms with Crippen LogP contribution in [0.1, 0.15) is 54.4 Å². The third-order valence-corrected chi connectivity index (χ3v) is 5.43. The van der Waals surface area contributed by atoms with Crippen LogP contribution in [0.3, 0.4) is 0 Å². The molecule has 1 aromatic rings. The largest absolute Gasteiger partial charge is 0.352 e. The molecule has 0 radical (unpaired) electrons. The summed E-state index contributed by atoms with van der Waals surface area (Å²) in [6.07, 6.45) is 8.08. The normalized spacial score (nSPS) is 21.1. The number of hydrogen-bond donors (Lipinski definition) is 1. The van der Waals surface area contributed by atoms with Crippen LogP contribution in [0.4, 0.5) is 0 Å². The van der Waals surface area contributed by atoms with Crippen molar-refractivity contribution < 1.29 is 4.79 Å². The fraction of sp³-hybridized carbons (Fsp3) is 0.632. The van der Waals surface area contributed by atoms with Crippen molar-refractivity contribution in [3.8, 4) is 0 Å². The number of likely N-dealkylation sites (tertiary alicyclic amines) is 1. The summed E-state index contributed by atoms with van der Waals surface area (Å²) >= 11 is 0. The molecule has 1 aliphatic carbocycles. The quantitative estimate of drug-likeness (QED) is 0.924. The number of nitrogens with one attached hydrogen (secondary N) is 1. The Morgan fingerprint density at radius 1 is 1.14 bits per heavy atom. The Hall–Kier alpha value is -1.35. The second kappa shape index (κ2) is 7.28. The molecule has 0 unspecified atom stereocenters. The van der Waals surface area contributed by atoms with E-state index in [1.807, 2.05) is 31.2 Å². The minimum Gasteiger partial charge on any atom is -0.352 e. The van der Waals surface area contributed by atoms with Gasteiger partial charge in [0.15, 0.2) is 0 Å². The number of hydrogen-bond acceptors (Lipinski definition) is 2. The van der Waals surface area contributed by atoms with E-state index in [9.17, 15) is 4.79 Å². The predicted molar refractivity (Wildman–Crippen MR) is 90.1 cm³/mol. The molecule has 1 N–H and O–H groups in total. The van der Waals surface area contributed by atoms with Crippen molar-refractivity contribution in [3.05, 3.63) is 35.4 Å². The first-order valence-electron chi connectivity index (χ1n) is 8.82. The van der Waals surface area contributed by atoms with E-state index in [4.69, 9.17) is 0 Å². The maximum absolute atomic E-state index is 12.3. The summed E-state index contributed by atoms with van der Waals surface area (Å²) in [5.74, 6) is 0.724. The molecule has 1 heterocycles. The smallest absolute Gasteiger partial charge is 0.251 e. The number of rotatable bonds is 4. The Morgan fingerprint density at radius 3 is 2.50 bits per heavy atom. The number of piperidine rings is 1. The number of carbonyl (C=O) groups is 1. The lowest BCUT2D eigenvalue weighted by molar-refractivity contribution is 0.0924. The van der Waals surface area contributed by atoms with E-state index < -0.39 is 0 Å². The molecule has 1 saturated carbocycles. The molecule has 120 valence electrons. The maximum atomic E-state index is 12.3. The summed E-state index contributed by atoms with van der Waals surface area (Å²) in [7, 11) is 0. The molecular formula is C19H28N2O. The van der Waals surface area contributed by atoms with Crippen LogP contribution in [0.2, 0.25) is 0 Å². The molecule has 3 rings (SSSR count). The average Bonchev–Trinajstić information content (AvgIpc) is 3.08. The molecule has 1 aliphatic heterocycles. The fourth-order valence-electron chi connectivity index (χ4n) is 3.95. The van der Waals surface area contributed by atoms with Gasteiger partial charge in [0.2, 0.25) is 0 Å². The molecule has 2 fully saturated rings. The SMILES string of the molecule is Cc1ccccc1C(=O)NCC1CCN(C2CCCC2)CC1. The number of benzene rings is 1. The van der Waals surface area contributed by atoms with Gasteiger partial charge in [-0.1, -0.05) is 31.0 Å². The molecule has 3 heteroatoms. The molecule has 2 aliphatic rings. The molecule has 1 saturated heterocycles. The maximum Gasteiger partial charge on any atom is 0.251 e. The molecule has 1 aromatic carbocycles.